The Bertz CT molecular complexity index is 1260. The number of carbonyl (C=O) groups excluding carboxylic acids is 1. The van der Waals surface area contributed by atoms with Crippen molar-refractivity contribution in [2.45, 2.75) is 0 Å². The number of furan rings is 1. The first-order chi connectivity index (χ1) is 15.1. The molecule has 1 fully saturated rings. The second kappa shape index (κ2) is 7.75. The Morgan fingerprint density at radius 1 is 0.968 bits per heavy atom. The van der Waals surface area contributed by atoms with Crippen molar-refractivity contribution in [2.24, 2.45) is 0 Å². The molecule has 0 spiro atoms. The third-order valence-corrected chi connectivity index (χ3v) is 5.73. The summed E-state index contributed by atoms with van der Waals surface area (Å²) < 4.78 is 11.5. The third-order valence-electron chi connectivity index (χ3n) is 5.73. The van der Waals surface area contributed by atoms with E-state index < -0.39 is 0 Å². The van der Waals surface area contributed by atoms with Gasteiger partial charge in [0.1, 0.15) is 22.7 Å². The fourth-order valence-electron chi connectivity index (χ4n) is 4.09. The number of methoxy groups -OCH3 is 1. The zero-order valence-corrected chi connectivity index (χ0v) is 17.2. The Morgan fingerprint density at radius 3 is 2.48 bits per heavy atom. The topological polar surface area (TPSA) is 78.2 Å². The van der Waals surface area contributed by atoms with E-state index >= 15 is 0 Å². The Kier molecular flexibility index (Phi) is 4.78. The summed E-state index contributed by atoms with van der Waals surface area (Å²) in [5, 5.41) is 15.0. The smallest absolute Gasteiger partial charge is 0.322 e. The van der Waals surface area contributed by atoms with Gasteiger partial charge in [0.25, 0.3) is 0 Å². The maximum absolute atomic E-state index is 12.9. The zero-order chi connectivity index (χ0) is 21.4. The van der Waals surface area contributed by atoms with Crippen LogP contribution in [0.5, 0.6) is 11.5 Å². The second-order valence-corrected chi connectivity index (χ2v) is 7.54. The summed E-state index contributed by atoms with van der Waals surface area (Å²) in [6, 6.07) is 18.6. The summed E-state index contributed by atoms with van der Waals surface area (Å²) in [4.78, 5) is 16.8. The number of aromatic hydroxyl groups is 1. The van der Waals surface area contributed by atoms with Crippen molar-refractivity contribution < 1.29 is 19.1 Å². The van der Waals surface area contributed by atoms with Gasteiger partial charge in [-0.2, -0.15) is 0 Å². The molecule has 2 heterocycles. The van der Waals surface area contributed by atoms with Gasteiger partial charge in [-0.3, -0.25) is 0 Å². The van der Waals surface area contributed by atoms with Gasteiger partial charge in [-0.1, -0.05) is 30.3 Å². The molecule has 1 aliphatic heterocycles. The van der Waals surface area contributed by atoms with Crippen molar-refractivity contribution in [1.82, 2.24) is 4.90 Å². The molecule has 1 aromatic heterocycles. The van der Waals surface area contributed by atoms with E-state index in [1.54, 1.807) is 24.1 Å². The number of phenolic OH excluding ortho intramolecular Hbond substituents is 1. The van der Waals surface area contributed by atoms with E-state index in [0.717, 1.165) is 22.0 Å². The van der Waals surface area contributed by atoms with Gasteiger partial charge >= 0.3 is 6.03 Å². The van der Waals surface area contributed by atoms with Crippen LogP contribution < -0.4 is 15.0 Å². The molecule has 0 radical (unpaired) electrons. The van der Waals surface area contributed by atoms with Gasteiger partial charge in [0, 0.05) is 43.0 Å². The summed E-state index contributed by atoms with van der Waals surface area (Å²) in [5.74, 6) is 0.838. The number of fused-ring (bicyclic) bond motifs is 3. The number of para-hydroxylation sites is 3. The number of anilines is 2. The van der Waals surface area contributed by atoms with E-state index in [-0.39, 0.29) is 11.8 Å². The van der Waals surface area contributed by atoms with Crippen molar-refractivity contribution in [3.63, 3.8) is 0 Å². The van der Waals surface area contributed by atoms with Gasteiger partial charge < -0.3 is 29.4 Å². The molecule has 7 nitrogen and oxygen atoms in total. The van der Waals surface area contributed by atoms with Crippen LogP contribution in [-0.4, -0.2) is 49.3 Å². The summed E-state index contributed by atoms with van der Waals surface area (Å²) in [5.41, 5.74) is 2.85. The van der Waals surface area contributed by atoms with Crippen LogP contribution in [0.4, 0.5) is 16.2 Å². The van der Waals surface area contributed by atoms with E-state index in [0.29, 0.717) is 43.2 Å². The maximum atomic E-state index is 12.9. The molecule has 1 saturated heterocycles. The van der Waals surface area contributed by atoms with Crippen molar-refractivity contribution in [1.29, 1.82) is 0 Å². The van der Waals surface area contributed by atoms with Crippen LogP contribution in [0.25, 0.3) is 21.9 Å². The van der Waals surface area contributed by atoms with Gasteiger partial charge in [0.2, 0.25) is 0 Å². The van der Waals surface area contributed by atoms with Gasteiger partial charge in [0.05, 0.1) is 18.5 Å². The maximum Gasteiger partial charge on any atom is 0.322 e. The summed E-state index contributed by atoms with van der Waals surface area (Å²) >= 11 is 0. The predicted molar refractivity (Wildman–Crippen MR) is 121 cm³/mol. The summed E-state index contributed by atoms with van der Waals surface area (Å²) in [7, 11) is 1.59. The number of nitrogens with zero attached hydrogens (tertiary/aromatic N) is 2. The molecule has 0 saturated carbocycles. The van der Waals surface area contributed by atoms with Crippen molar-refractivity contribution in [3.05, 3.63) is 60.7 Å². The lowest BCUT2D eigenvalue weighted by atomic mass is 10.1. The minimum atomic E-state index is -0.189. The van der Waals surface area contributed by atoms with E-state index in [1.807, 2.05) is 48.5 Å². The number of ether oxygens (including phenoxy) is 1. The molecular weight excluding hydrogens is 394 g/mol. The second-order valence-electron chi connectivity index (χ2n) is 7.54. The third kappa shape index (κ3) is 3.48. The lowest BCUT2D eigenvalue weighted by molar-refractivity contribution is 0.208. The SMILES string of the molecule is COc1cc2c(cc1NC(=O)N1CCN(c3ccccc3O)CC1)oc1ccccc12. The molecule has 5 rings (SSSR count). The molecular formula is C24H23N3O4. The van der Waals surface area contributed by atoms with Crippen LogP contribution in [0.2, 0.25) is 0 Å². The highest BCUT2D eigenvalue weighted by atomic mass is 16.5. The van der Waals surface area contributed by atoms with E-state index in [9.17, 15) is 9.90 Å². The van der Waals surface area contributed by atoms with Crippen molar-refractivity contribution in [2.75, 3.05) is 43.5 Å². The number of benzene rings is 3. The lowest BCUT2D eigenvalue weighted by Crippen LogP contribution is -2.50. The van der Waals surface area contributed by atoms with Gasteiger partial charge in [-0.15, -0.1) is 0 Å². The highest BCUT2D eigenvalue weighted by Crippen LogP contribution is 2.36. The van der Waals surface area contributed by atoms with Crippen LogP contribution in [0.3, 0.4) is 0 Å². The Balaban J connectivity index is 1.33. The van der Waals surface area contributed by atoms with Crippen LogP contribution in [-0.2, 0) is 0 Å². The lowest BCUT2D eigenvalue weighted by Gasteiger charge is -2.36. The summed E-state index contributed by atoms with van der Waals surface area (Å²) in [6.07, 6.45) is 0. The molecule has 31 heavy (non-hydrogen) atoms. The molecule has 0 atom stereocenters. The predicted octanol–water partition coefficient (Wildman–Crippen LogP) is 4.65. The van der Waals surface area contributed by atoms with E-state index in [1.165, 1.54) is 0 Å². The van der Waals surface area contributed by atoms with Gasteiger partial charge in [0.15, 0.2) is 0 Å². The largest absolute Gasteiger partial charge is 0.506 e. The quantitative estimate of drug-likeness (QED) is 0.507. The highest BCUT2D eigenvalue weighted by molar-refractivity contribution is 6.07. The van der Waals surface area contributed by atoms with E-state index in [2.05, 4.69) is 10.2 Å². The first-order valence-corrected chi connectivity index (χ1v) is 10.2. The number of piperazine rings is 1. The van der Waals surface area contributed by atoms with Crippen LogP contribution in [0, 0.1) is 0 Å². The Morgan fingerprint density at radius 2 is 1.71 bits per heavy atom. The minimum Gasteiger partial charge on any atom is -0.506 e. The molecule has 7 heteroatoms. The monoisotopic (exact) mass is 417 g/mol. The van der Waals surface area contributed by atoms with E-state index in [4.69, 9.17) is 9.15 Å². The average molecular weight is 417 g/mol. The Labute approximate surface area is 179 Å². The first-order valence-electron chi connectivity index (χ1n) is 10.2. The molecule has 0 aliphatic carbocycles. The van der Waals surface area contributed by atoms with Gasteiger partial charge in [-0.25, -0.2) is 4.79 Å². The highest BCUT2D eigenvalue weighted by Gasteiger charge is 2.24. The van der Waals surface area contributed by atoms with Crippen LogP contribution in [0.15, 0.2) is 65.1 Å². The molecule has 158 valence electrons. The number of nitrogens with one attached hydrogen (secondary N) is 1. The molecule has 4 aromatic rings. The van der Waals surface area contributed by atoms with Gasteiger partial charge in [-0.05, 0) is 24.3 Å². The molecule has 3 aromatic carbocycles. The molecule has 2 N–H and O–H groups in total. The number of amides is 2. The fourth-order valence-corrected chi connectivity index (χ4v) is 4.09. The number of hydrogen-bond acceptors (Lipinski definition) is 5. The first kappa shape index (κ1) is 19.1. The number of rotatable bonds is 3. The normalized spacial score (nSPS) is 14.2. The average Bonchev–Trinajstić information content (AvgIpc) is 3.16. The number of phenols is 1. The number of hydrogen-bond donors (Lipinski definition) is 2. The summed E-state index contributed by atoms with van der Waals surface area (Å²) in [6.45, 7) is 2.39. The molecule has 1 aliphatic rings. The van der Waals surface area contributed by atoms with Crippen molar-refractivity contribution >= 4 is 39.3 Å². The minimum absolute atomic E-state index is 0.189. The molecule has 0 unspecified atom stereocenters. The number of urea groups is 1. The molecule has 0 bridgehead atoms. The fraction of sp³-hybridized carbons (Fsp3) is 0.208. The van der Waals surface area contributed by atoms with Crippen LogP contribution in [0.1, 0.15) is 0 Å². The number of carbonyl (C=O) groups is 1. The zero-order valence-electron chi connectivity index (χ0n) is 17.2. The Hall–Kier alpha value is -3.87. The molecule has 2 amide bonds. The van der Waals surface area contributed by atoms with Crippen molar-refractivity contribution in [3.8, 4) is 11.5 Å². The van der Waals surface area contributed by atoms with Crippen LogP contribution >= 0.6 is 0 Å². The standard InChI is InChI=1S/C24H23N3O4/c1-30-23-14-17-16-6-2-5-9-21(16)31-22(17)15-18(23)25-24(29)27-12-10-26(11-13-27)19-7-3-4-8-20(19)28/h2-9,14-15,28H,10-13H2,1H3,(H,25,29).